The second-order valence-electron chi connectivity index (χ2n) is 6.02. The van der Waals surface area contributed by atoms with Gasteiger partial charge in [-0.05, 0) is 31.4 Å². The Morgan fingerprint density at radius 1 is 1.32 bits per heavy atom. The summed E-state index contributed by atoms with van der Waals surface area (Å²) in [4.78, 5) is 11.1. The molecular formula is C17H25IN6O. The predicted molar refractivity (Wildman–Crippen MR) is 109 cm³/mol. The molecule has 0 bridgehead atoms. The van der Waals surface area contributed by atoms with Gasteiger partial charge in [-0.3, -0.25) is 4.99 Å². The lowest BCUT2D eigenvalue weighted by atomic mass is 10.1. The van der Waals surface area contributed by atoms with Crippen LogP contribution in [0.1, 0.15) is 24.1 Å². The number of piperidine rings is 1. The summed E-state index contributed by atoms with van der Waals surface area (Å²) in [5.41, 5.74) is 2.05. The Morgan fingerprint density at radius 2 is 2.12 bits per heavy atom. The molecule has 1 aliphatic rings. The van der Waals surface area contributed by atoms with Gasteiger partial charge in [0.25, 0.3) is 0 Å². The number of rotatable bonds is 4. The van der Waals surface area contributed by atoms with Crippen LogP contribution in [0, 0.1) is 6.92 Å². The summed E-state index contributed by atoms with van der Waals surface area (Å²) in [5, 5.41) is 10.6. The number of aryl methyl sites for hydroxylation is 1. The Hall–Kier alpha value is -1.84. The highest BCUT2D eigenvalue weighted by Gasteiger charge is 2.20. The Labute approximate surface area is 165 Å². The summed E-state index contributed by atoms with van der Waals surface area (Å²) in [6.45, 7) is 4.65. The number of halogens is 1. The number of hydrogen-bond donors (Lipinski definition) is 2. The zero-order valence-electron chi connectivity index (χ0n) is 14.6. The van der Waals surface area contributed by atoms with Gasteiger partial charge in [0.05, 0.1) is 6.54 Å². The highest BCUT2D eigenvalue weighted by atomic mass is 127. The van der Waals surface area contributed by atoms with Crippen molar-refractivity contribution < 1.29 is 4.52 Å². The molecular weight excluding hydrogens is 431 g/mol. The number of nitrogens with one attached hydrogen (secondary N) is 2. The van der Waals surface area contributed by atoms with Gasteiger partial charge in [-0.15, -0.1) is 24.0 Å². The summed E-state index contributed by atoms with van der Waals surface area (Å²) in [5.74, 6) is 1.86. The summed E-state index contributed by atoms with van der Waals surface area (Å²) in [7, 11) is 1.78. The molecule has 136 valence electrons. The van der Waals surface area contributed by atoms with E-state index in [1.165, 1.54) is 5.56 Å². The second kappa shape index (κ2) is 9.59. The van der Waals surface area contributed by atoms with Crippen LogP contribution in [0.25, 0.3) is 0 Å². The standard InChI is InChI=1S/C17H24N6O.HI/c1-13-3-4-16(19-11-13)23-8-5-14(6-9-23)21-17(18-2)20-12-15-7-10-24-22-15;/h3-4,7,10-11,14H,5-6,8-9,12H2,1-2H3,(H2,18,20,21);1H. The average Bonchev–Trinajstić information content (AvgIpc) is 3.13. The molecule has 0 unspecified atom stereocenters. The van der Waals surface area contributed by atoms with Crippen molar-refractivity contribution in [3.05, 3.63) is 41.9 Å². The van der Waals surface area contributed by atoms with Crippen molar-refractivity contribution in [3.8, 4) is 0 Å². The van der Waals surface area contributed by atoms with Gasteiger partial charge in [0.1, 0.15) is 17.8 Å². The summed E-state index contributed by atoms with van der Waals surface area (Å²) >= 11 is 0. The Bertz CT molecular complexity index is 650. The zero-order chi connectivity index (χ0) is 16.8. The van der Waals surface area contributed by atoms with Crippen molar-refractivity contribution in [3.63, 3.8) is 0 Å². The van der Waals surface area contributed by atoms with Crippen LogP contribution >= 0.6 is 24.0 Å². The molecule has 1 fully saturated rings. The molecule has 2 aromatic heterocycles. The minimum atomic E-state index is 0. The van der Waals surface area contributed by atoms with E-state index < -0.39 is 0 Å². The smallest absolute Gasteiger partial charge is 0.191 e. The fourth-order valence-corrected chi connectivity index (χ4v) is 2.79. The molecule has 1 aliphatic heterocycles. The van der Waals surface area contributed by atoms with Gasteiger partial charge >= 0.3 is 0 Å². The molecule has 2 aromatic rings. The third-order valence-corrected chi connectivity index (χ3v) is 4.21. The summed E-state index contributed by atoms with van der Waals surface area (Å²) in [6.07, 6.45) is 5.61. The van der Waals surface area contributed by atoms with Gasteiger partial charge in [0, 0.05) is 38.4 Å². The van der Waals surface area contributed by atoms with Crippen molar-refractivity contribution in [2.45, 2.75) is 32.4 Å². The molecule has 0 aromatic carbocycles. The molecule has 0 saturated carbocycles. The maximum atomic E-state index is 4.83. The Morgan fingerprint density at radius 3 is 2.72 bits per heavy atom. The minimum Gasteiger partial charge on any atom is -0.364 e. The number of aliphatic imine (C=N–C) groups is 1. The number of aromatic nitrogens is 2. The van der Waals surface area contributed by atoms with Crippen LogP contribution in [0.2, 0.25) is 0 Å². The number of nitrogens with zero attached hydrogens (tertiary/aromatic N) is 4. The monoisotopic (exact) mass is 456 g/mol. The van der Waals surface area contributed by atoms with E-state index in [1.54, 1.807) is 13.3 Å². The Balaban J connectivity index is 0.00000225. The van der Waals surface area contributed by atoms with Crippen molar-refractivity contribution in [2.75, 3.05) is 25.0 Å². The van der Waals surface area contributed by atoms with Crippen molar-refractivity contribution in [1.29, 1.82) is 0 Å². The highest BCUT2D eigenvalue weighted by Crippen LogP contribution is 2.17. The van der Waals surface area contributed by atoms with Gasteiger partial charge in [0.15, 0.2) is 5.96 Å². The minimum absolute atomic E-state index is 0. The summed E-state index contributed by atoms with van der Waals surface area (Å²) < 4.78 is 4.83. The van der Waals surface area contributed by atoms with E-state index in [2.05, 4.69) is 49.7 Å². The van der Waals surface area contributed by atoms with Crippen molar-refractivity contribution >= 4 is 35.8 Å². The topological polar surface area (TPSA) is 78.6 Å². The van der Waals surface area contributed by atoms with E-state index >= 15 is 0 Å². The van der Waals surface area contributed by atoms with Crippen LogP contribution in [0.15, 0.2) is 40.2 Å². The molecule has 0 spiro atoms. The lowest BCUT2D eigenvalue weighted by Gasteiger charge is -2.33. The molecule has 2 N–H and O–H groups in total. The first-order valence-corrected chi connectivity index (χ1v) is 8.28. The fourth-order valence-electron chi connectivity index (χ4n) is 2.79. The maximum Gasteiger partial charge on any atom is 0.191 e. The predicted octanol–water partition coefficient (Wildman–Crippen LogP) is 2.33. The lowest BCUT2D eigenvalue weighted by molar-refractivity contribution is 0.410. The highest BCUT2D eigenvalue weighted by molar-refractivity contribution is 14.0. The third-order valence-electron chi connectivity index (χ3n) is 4.21. The molecule has 7 nitrogen and oxygen atoms in total. The number of guanidine groups is 1. The molecule has 0 radical (unpaired) electrons. The van der Waals surface area contributed by atoms with Gasteiger partial charge in [0.2, 0.25) is 0 Å². The third kappa shape index (κ3) is 5.58. The van der Waals surface area contributed by atoms with Crippen LogP contribution in [0.5, 0.6) is 0 Å². The molecule has 3 rings (SSSR count). The SMILES string of the molecule is CN=C(NCc1ccon1)NC1CCN(c2ccc(C)cn2)CC1.I. The Kier molecular flexibility index (Phi) is 7.48. The first-order chi connectivity index (χ1) is 11.7. The van der Waals surface area contributed by atoms with Gasteiger partial charge < -0.3 is 20.1 Å². The molecule has 25 heavy (non-hydrogen) atoms. The molecule has 0 aliphatic carbocycles. The summed E-state index contributed by atoms with van der Waals surface area (Å²) in [6, 6.07) is 6.46. The molecule has 1 saturated heterocycles. The molecule has 8 heteroatoms. The zero-order valence-corrected chi connectivity index (χ0v) is 16.9. The number of hydrogen-bond acceptors (Lipinski definition) is 5. The largest absolute Gasteiger partial charge is 0.364 e. The van der Waals surface area contributed by atoms with Crippen LogP contribution in [-0.4, -0.2) is 42.3 Å². The fraction of sp³-hybridized carbons (Fsp3) is 0.471. The second-order valence-corrected chi connectivity index (χ2v) is 6.02. The number of pyridine rings is 1. The van der Waals surface area contributed by atoms with Crippen LogP contribution < -0.4 is 15.5 Å². The molecule has 3 heterocycles. The first-order valence-electron chi connectivity index (χ1n) is 8.28. The average molecular weight is 456 g/mol. The van der Waals surface area contributed by atoms with E-state index in [9.17, 15) is 0 Å². The quantitative estimate of drug-likeness (QED) is 0.418. The van der Waals surface area contributed by atoms with Crippen LogP contribution in [-0.2, 0) is 6.54 Å². The lowest BCUT2D eigenvalue weighted by Crippen LogP contribution is -2.48. The van der Waals surface area contributed by atoms with E-state index in [-0.39, 0.29) is 24.0 Å². The van der Waals surface area contributed by atoms with Crippen LogP contribution in [0.4, 0.5) is 5.82 Å². The van der Waals surface area contributed by atoms with Gasteiger partial charge in [-0.1, -0.05) is 11.2 Å². The molecule has 0 amide bonds. The number of anilines is 1. The van der Waals surface area contributed by atoms with Gasteiger partial charge in [-0.2, -0.15) is 0 Å². The van der Waals surface area contributed by atoms with Crippen molar-refractivity contribution in [1.82, 2.24) is 20.8 Å². The van der Waals surface area contributed by atoms with E-state index in [4.69, 9.17) is 4.52 Å². The normalized spacial score (nSPS) is 15.6. The van der Waals surface area contributed by atoms with Crippen LogP contribution in [0.3, 0.4) is 0 Å². The first kappa shape index (κ1) is 19.5. The van der Waals surface area contributed by atoms with E-state index in [0.717, 1.165) is 43.4 Å². The maximum absolute atomic E-state index is 4.83. The molecule has 0 atom stereocenters. The van der Waals surface area contributed by atoms with Crippen molar-refractivity contribution in [2.24, 2.45) is 4.99 Å². The van der Waals surface area contributed by atoms with E-state index in [1.807, 2.05) is 12.3 Å². The van der Waals surface area contributed by atoms with Gasteiger partial charge in [-0.25, -0.2) is 4.98 Å². The van der Waals surface area contributed by atoms with E-state index in [0.29, 0.717) is 12.6 Å².